The van der Waals surface area contributed by atoms with E-state index in [1.54, 1.807) is 23.5 Å². The number of carboxylic acid groups (broad SMARTS) is 1. The van der Waals surface area contributed by atoms with Gasteiger partial charge in [0.15, 0.2) is 0 Å². The molecule has 6 aromatic heterocycles. The summed E-state index contributed by atoms with van der Waals surface area (Å²) in [6.45, 7) is 8.99. The summed E-state index contributed by atoms with van der Waals surface area (Å²) in [5, 5.41) is 25.2. The fourth-order valence-corrected chi connectivity index (χ4v) is 7.68. The number of aromatic carboxylic acids is 1. The Labute approximate surface area is 405 Å². The van der Waals surface area contributed by atoms with Crippen molar-refractivity contribution in [1.82, 2.24) is 45.5 Å². The lowest BCUT2D eigenvalue weighted by atomic mass is 9.94. The maximum absolute atomic E-state index is 12.7. The predicted octanol–water partition coefficient (Wildman–Crippen LogP) is 11.2. The van der Waals surface area contributed by atoms with Crippen molar-refractivity contribution < 1.29 is 50.1 Å². The standard InChI is InChI=1S/C22H17ClF3N5O2S.C13H15ClN2S.C9H4F3N3O3/c1-21(2,20-29-16(10-34-20)12-3-5-14(23)6-4-12)11-28-18(32)13-7-8-27-15(9-13)17-30-19(33-31-17)22(24,25)26;1-13(2,8-15)12-16-11(7-17-12)9-3-5-10(14)6-4-9;10-9(11,12)8-14-6(15-18-8)5-3-4(7(16)17)1-2-13-5/h3-10H,11H2,1-2H3,(H,28,32);3-7H,8,15H2,1-2H3;1-3H,(H,16,17). The summed E-state index contributed by atoms with van der Waals surface area (Å²) in [7, 11) is 0. The van der Waals surface area contributed by atoms with Gasteiger partial charge in [0.1, 0.15) is 21.4 Å². The van der Waals surface area contributed by atoms with Crippen molar-refractivity contribution >= 4 is 57.8 Å². The van der Waals surface area contributed by atoms with Gasteiger partial charge in [-0.1, -0.05) is 85.5 Å². The molecular formula is C44H36Cl2F6N10O5S2. The Kier molecular flexibility index (Phi) is 16.0. The Bertz CT molecular complexity index is 3030. The van der Waals surface area contributed by atoms with E-state index in [1.807, 2.05) is 55.6 Å². The summed E-state index contributed by atoms with van der Waals surface area (Å²) in [5.74, 6) is -5.45. The molecule has 0 aliphatic carbocycles. The highest BCUT2D eigenvalue weighted by Crippen LogP contribution is 2.33. The first-order valence-corrected chi connectivity index (χ1v) is 22.3. The minimum Gasteiger partial charge on any atom is -0.478 e. The van der Waals surface area contributed by atoms with Gasteiger partial charge >= 0.3 is 30.1 Å². The molecule has 0 spiro atoms. The van der Waals surface area contributed by atoms with Gasteiger partial charge in [0.2, 0.25) is 11.6 Å². The highest BCUT2D eigenvalue weighted by molar-refractivity contribution is 7.10. The second-order valence-corrected chi connectivity index (χ2v) is 18.3. The zero-order valence-electron chi connectivity index (χ0n) is 36.2. The predicted molar refractivity (Wildman–Crippen MR) is 245 cm³/mol. The number of hydrogen-bond donors (Lipinski definition) is 3. The smallest absolute Gasteiger partial charge is 0.471 e. The maximum Gasteiger partial charge on any atom is 0.471 e. The second kappa shape index (κ2) is 21.3. The number of nitrogens with one attached hydrogen (secondary N) is 1. The van der Waals surface area contributed by atoms with Gasteiger partial charge in [0, 0.05) is 73.8 Å². The number of carbonyl (C=O) groups is 2. The van der Waals surface area contributed by atoms with E-state index in [2.05, 4.69) is 68.8 Å². The average molecular weight is 1030 g/mol. The fraction of sp³-hybridized carbons (Fsp3) is 0.227. The number of halogens is 8. The Morgan fingerprint density at radius 3 is 1.46 bits per heavy atom. The number of hydrogen-bond acceptors (Lipinski definition) is 15. The summed E-state index contributed by atoms with van der Waals surface area (Å²) in [4.78, 5) is 46.7. The van der Waals surface area contributed by atoms with Crippen LogP contribution in [0, 0.1) is 0 Å². The van der Waals surface area contributed by atoms with E-state index < -0.39 is 47.2 Å². The van der Waals surface area contributed by atoms with Gasteiger partial charge in [-0.15, -0.1) is 22.7 Å². The van der Waals surface area contributed by atoms with E-state index in [1.165, 1.54) is 35.7 Å². The molecule has 0 saturated heterocycles. The SMILES string of the molecule is CC(C)(CN)c1nc(-c2ccc(Cl)cc2)cs1.CC(C)(CNC(=O)c1ccnc(-c2noc(C(F)(F)F)n2)c1)c1nc(-c2ccc(Cl)cc2)cs1.O=C(O)c1ccnc(-c2noc(C(F)(F)F)n2)c1. The van der Waals surface area contributed by atoms with E-state index in [9.17, 15) is 35.9 Å². The molecule has 0 aliphatic heterocycles. The molecule has 0 unspecified atom stereocenters. The molecule has 25 heteroatoms. The van der Waals surface area contributed by atoms with Gasteiger partial charge in [-0.05, 0) is 48.5 Å². The highest BCUT2D eigenvalue weighted by atomic mass is 35.5. The molecule has 0 saturated carbocycles. The number of amides is 1. The molecule has 2 aromatic carbocycles. The minimum absolute atomic E-state index is 0.0151. The largest absolute Gasteiger partial charge is 0.478 e. The van der Waals surface area contributed by atoms with Crippen molar-refractivity contribution in [1.29, 1.82) is 0 Å². The van der Waals surface area contributed by atoms with Gasteiger partial charge in [-0.2, -0.15) is 36.3 Å². The van der Waals surface area contributed by atoms with Crippen LogP contribution in [0.15, 0.2) is 105 Å². The van der Waals surface area contributed by atoms with E-state index in [-0.39, 0.29) is 40.3 Å². The first-order chi connectivity index (χ1) is 32.4. The number of carboxylic acids is 1. The molecule has 8 rings (SSSR count). The number of thiazole rings is 2. The number of carbonyl (C=O) groups excluding carboxylic acids is 1. The Hall–Kier alpha value is -6.66. The summed E-state index contributed by atoms with van der Waals surface area (Å²) in [6.07, 6.45) is -7.11. The second-order valence-electron chi connectivity index (χ2n) is 15.8. The van der Waals surface area contributed by atoms with E-state index >= 15 is 0 Å². The first kappa shape index (κ1) is 51.7. The third-order valence-corrected chi connectivity index (χ3v) is 12.4. The van der Waals surface area contributed by atoms with Crippen molar-refractivity contribution in [3.8, 4) is 45.6 Å². The molecule has 0 atom stereocenters. The molecule has 8 aromatic rings. The Morgan fingerprint density at radius 1 is 0.638 bits per heavy atom. The van der Waals surface area contributed by atoms with Crippen molar-refractivity contribution in [2.45, 2.75) is 50.9 Å². The Morgan fingerprint density at radius 2 is 1.06 bits per heavy atom. The number of benzene rings is 2. The molecule has 0 aliphatic rings. The number of alkyl halides is 6. The van der Waals surface area contributed by atoms with Crippen molar-refractivity contribution in [3.05, 3.63) is 139 Å². The molecule has 0 bridgehead atoms. The topological polar surface area (TPSA) is 222 Å². The summed E-state index contributed by atoms with van der Waals surface area (Å²) in [6, 6.07) is 20.1. The molecule has 6 heterocycles. The number of rotatable bonds is 11. The first-order valence-electron chi connectivity index (χ1n) is 19.8. The molecule has 15 nitrogen and oxygen atoms in total. The molecular weight excluding hydrogens is 998 g/mol. The van der Waals surface area contributed by atoms with E-state index in [0.717, 1.165) is 49.8 Å². The van der Waals surface area contributed by atoms with Gasteiger partial charge in [0.25, 0.3) is 5.91 Å². The van der Waals surface area contributed by atoms with Crippen LogP contribution < -0.4 is 11.1 Å². The van der Waals surface area contributed by atoms with Crippen molar-refractivity contribution in [2.75, 3.05) is 13.1 Å². The normalized spacial score (nSPS) is 11.8. The summed E-state index contributed by atoms with van der Waals surface area (Å²) < 4.78 is 83.0. The lowest BCUT2D eigenvalue weighted by Gasteiger charge is -2.22. The van der Waals surface area contributed by atoms with Crippen LogP contribution in [0.4, 0.5) is 26.3 Å². The van der Waals surface area contributed by atoms with Crippen LogP contribution in [0.1, 0.15) is 70.2 Å². The molecule has 0 fully saturated rings. The van der Waals surface area contributed by atoms with Gasteiger partial charge in [0.05, 0.1) is 17.0 Å². The van der Waals surface area contributed by atoms with Crippen molar-refractivity contribution in [2.24, 2.45) is 5.73 Å². The highest BCUT2D eigenvalue weighted by Gasteiger charge is 2.39. The number of nitrogens with zero attached hydrogens (tertiary/aromatic N) is 8. The van der Waals surface area contributed by atoms with Crippen molar-refractivity contribution in [3.63, 3.8) is 0 Å². The van der Waals surface area contributed by atoms with Crippen LogP contribution in [0.2, 0.25) is 10.0 Å². The van der Waals surface area contributed by atoms with E-state index in [4.69, 9.17) is 39.0 Å². The van der Waals surface area contributed by atoms with Gasteiger partial charge < -0.3 is 25.2 Å². The van der Waals surface area contributed by atoms with Gasteiger partial charge in [-0.3, -0.25) is 14.8 Å². The quantitative estimate of drug-likeness (QED) is 0.103. The molecule has 4 N–H and O–H groups in total. The van der Waals surface area contributed by atoms with Crippen LogP contribution in [-0.2, 0) is 23.2 Å². The van der Waals surface area contributed by atoms with E-state index in [0.29, 0.717) is 11.6 Å². The third kappa shape index (κ3) is 13.5. The van der Waals surface area contributed by atoms with Crippen LogP contribution in [0.25, 0.3) is 45.6 Å². The van der Waals surface area contributed by atoms with Crippen LogP contribution in [0.5, 0.6) is 0 Å². The molecule has 1 amide bonds. The average Bonchev–Trinajstić information content (AvgIpc) is 4.17. The zero-order chi connectivity index (χ0) is 50.3. The maximum atomic E-state index is 12.7. The van der Waals surface area contributed by atoms with Gasteiger partial charge in [-0.25, -0.2) is 14.8 Å². The van der Waals surface area contributed by atoms with Crippen LogP contribution in [0.3, 0.4) is 0 Å². The molecule has 360 valence electrons. The summed E-state index contributed by atoms with van der Waals surface area (Å²) in [5.41, 5.74) is 8.97. The monoisotopic (exact) mass is 1030 g/mol. The summed E-state index contributed by atoms with van der Waals surface area (Å²) >= 11 is 14.9. The molecule has 0 radical (unpaired) electrons. The molecule has 69 heavy (non-hydrogen) atoms. The van der Waals surface area contributed by atoms with Crippen LogP contribution in [-0.4, -0.2) is 70.3 Å². The lowest BCUT2D eigenvalue weighted by molar-refractivity contribution is -0.160. The minimum atomic E-state index is -4.77. The fourth-order valence-electron chi connectivity index (χ4n) is 5.51. The zero-order valence-corrected chi connectivity index (χ0v) is 39.4. The Balaban J connectivity index is 0.000000188. The number of aromatic nitrogens is 8. The lowest BCUT2D eigenvalue weighted by Crippen LogP contribution is -2.36. The van der Waals surface area contributed by atoms with Crippen LogP contribution >= 0.6 is 45.9 Å². The third-order valence-electron chi connectivity index (χ3n) is 9.47. The number of pyridine rings is 2. The number of nitrogens with two attached hydrogens (primary N) is 1.